The summed E-state index contributed by atoms with van der Waals surface area (Å²) >= 11 is 0. The highest BCUT2D eigenvalue weighted by Gasteiger charge is 2.45. The van der Waals surface area contributed by atoms with Crippen LogP contribution in [0.3, 0.4) is 0 Å². The van der Waals surface area contributed by atoms with Crippen LogP contribution >= 0.6 is 0 Å². The fourth-order valence-corrected chi connectivity index (χ4v) is 2.80. The molecular formula is C15H21NO4. The molecule has 1 fully saturated rings. The van der Waals surface area contributed by atoms with Crippen molar-refractivity contribution in [2.75, 3.05) is 20.2 Å². The Kier molecular flexibility index (Phi) is 4.40. The average Bonchev–Trinajstić information content (AvgIpc) is 2.47. The van der Waals surface area contributed by atoms with Gasteiger partial charge in [-0.2, -0.15) is 0 Å². The van der Waals surface area contributed by atoms with Crippen molar-refractivity contribution in [3.63, 3.8) is 0 Å². The number of ether oxygens (including phenoxy) is 1. The van der Waals surface area contributed by atoms with Crippen molar-refractivity contribution >= 4 is 11.7 Å². The molecule has 1 amide bonds. The summed E-state index contributed by atoms with van der Waals surface area (Å²) in [5.74, 6) is -0.147. The maximum Gasteiger partial charge on any atom is 0.261 e. The summed E-state index contributed by atoms with van der Waals surface area (Å²) < 4.78 is 5.19. The van der Waals surface area contributed by atoms with Crippen molar-refractivity contribution in [1.29, 1.82) is 0 Å². The third-order valence-electron chi connectivity index (χ3n) is 4.13. The van der Waals surface area contributed by atoms with Gasteiger partial charge in [-0.15, -0.1) is 0 Å². The van der Waals surface area contributed by atoms with Crippen molar-refractivity contribution in [2.45, 2.75) is 31.5 Å². The summed E-state index contributed by atoms with van der Waals surface area (Å²) in [5, 5.41) is 10.6. The summed E-state index contributed by atoms with van der Waals surface area (Å²) in [6.45, 7) is 2.59. The van der Waals surface area contributed by atoms with Crippen molar-refractivity contribution < 1.29 is 19.4 Å². The molecule has 1 heterocycles. The van der Waals surface area contributed by atoms with Gasteiger partial charge in [0.1, 0.15) is 11.9 Å². The van der Waals surface area contributed by atoms with E-state index in [1.54, 1.807) is 30.1 Å². The van der Waals surface area contributed by atoms with E-state index in [1.165, 1.54) is 13.2 Å². The summed E-state index contributed by atoms with van der Waals surface area (Å²) in [4.78, 5) is 25.5. The van der Waals surface area contributed by atoms with Gasteiger partial charge in [-0.25, -0.2) is 0 Å². The van der Waals surface area contributed by atoms with E-state index >= 15 is 0 Å². The SMILES string of the molecule is CO[C@H]1C=CC=C[C@]1(O)C(=O)N1CCC(C(C)=O)CC1. The number of amides is 1. The van der Waals surface area contributed by atoms with Gasteiger partial charge < -0.3 is 14.7 Å². The molecule has 0 aromatic carbocycles. The molecule has 2 atom stereocenters. The number of methoxy groups -OCH3 is 1. The Morgan fingerprint density at radius 1 is 1.30 bits per heavy atom. The molecule has 1 saturated heterocycles. The lowest BCUT2D eigenvalue weighted by Crippen LogP contribution is -2.57. The first-order valence-corrected chi connectivity index (χ1v) is 6.90. The lowest BCUT2D eigenvalue weighted by molar-refractivity contribution is -0.157. The lowest BCUT2D eigenvalue weighted by Gasteiger charge is -2.38. The molecule has 0 spiro atoms. The number of aliphatic hydroxyl groups is 1. The van der Waals surface area contributed by atoms with Crippen molar-refractivity contribution in [3.05, 3.63) is 24.3 Å². The van der Waals surface area contributed by atoms with E-state index in [4.69, 9.17) is 4.74 Å². The lowest BCUT2D eigenvalue weighted by atomic mass is 9.88. The Morgan fingerprint density at radius 3 is 2.50 bits per heavy atom. The number of nitrogens with zero attached hydrogens (tertiary/aromatic N) is 1. The second-order valence-electron chi connectivity index (χ2n) is 5.40. The van der Waals surface area contributed by atoms with E-state index in [9.17, 15) is 14.7 Å². The van der Waals surface area contributed by atoms with Gasteiger partial charge in [0.2, 0.25) is 0 Å². The Morgan fingerprint density at radius 2 is 1.95 bits per heavy atom. The van der Waals surface area contributed by atoms with Gasteiger partial charge in [-0.05, 0) is 25.8 Å². The summed E-state index contributed by atoms with van der Waals surface area (Å²) in [6, 6.07) is 0. The zero-order valence-corrected chi connectivity index (χ0v) is 11.9. The smallest absolute Gasteiger partial charge is 0.261 e. The van der Waals surface area contributed by atoms with Crippen LogP contribution in [-0.2, 0) is 14.3 Å². The Hall–Kier alpha value is -1.46. The molecule has 0 unspecified atom stereocenters. The van der Waals surface area contributed by atoms with Gasteiger partial charge in [0.25, 0.3) is 5.91 Å². The van der Waals surface area contributed by atoms with Crippen LogP contribution in [0.4, 0.5) is 0 Å². The first kappa shape index (κ1) is 14.9. The van der Waals surface area contributed by atoms with Crippen LogP contribution in [0.15, 0.2) is 24.3 Å². The highest BCUT2D eigenvalue weighted by Crippen LogP contribution is 2.26. The quantitative estimate of drug-likeness (QED) is 0.825. The monoisotopic (exact) mass is 279 g/mol. The number of allylic oxidation sites excluding steroid dienone is 2. The zero-order valence-electron chi connectivity index (χ0n) is 11.9. The standard InChI is InChI=1S/C15H21NO4/c1-11(17)12-6-9-16(10-7-12)14(18)15(19)8-4-3-5-13(15)20-2/h3-5,8,12-13,19H,6-7,9-10H2,1-2H3/t13-,15+/m0/s1. The fraction of sp³-hybridized carbons (Fsp3) is 0.600. The predicted molar refractivity (Wildman–Crippen MR) is 74.0 cm³/mol. The summed E-state index contributed by atoms with van der Waals surface area (Å²) in [5.41, 5.74) is -1.65. The largest absolute Gasteiger partial charge is 0.374 e. The molecule has 0 radical (unpaired) electrons. The summed E-state index contributed by atoms with van der Waals surface area (Å²) in [6.07, 6.45) is 7.18. The minimum atomic E-state index is -1.65. The third-order valence-corrected chi connectivity index (χ3v) is 4.13. The number of hydrogen-bond acceptors (Lipinski definition) is 4. The molecule has 5 heteroatoms. The van der Waals surface area contributed by atoms with Crippen LogP contribution in [0, 0.1) is 5.92 Å². The van der Waals surface area contributed by atoms with Crippen molar-refractivity contribution in [2.24, 2.45) is 5.92 Å². The molecule has 20 heavy (non-hydrogen) atoms. The number of piperidine rings is 1. The molecule has 0 aromatic rings. The van der Waals surface area contributed by atoms with Crippen LogP contribution in [0.5, 0.6) is 0 Å². The fourth-order valence-electron chi connectivity index (χ4n) is 2.80. The van der Waals surface area contributed by atoms with E-state index in [2.05, 4.69) is 0 Å². The van der Waals surface area contributed by atoms with Gasteiger partial charge in [0.05, 0.1) is 0 Å². The molecule has 2 aliphatic rings. The number of Topliss-reactive ketones (excluding diaryl/α,β-unsaturated/α-hetero) is 1. The number of carbonyl (C=O) groups is 2. The molecule has 1 aliphatic heterocycles. The maximum absolute atomic E-state index is 12.5. The highest BCUT2D eigenvalue weighted by atomic mass is 16.5. The average molecular weight is 279 g/mol. The minimum Gasteiger partial charge on any atom is -0.374 e. The van der Waals surface area contributed by atoms with E-state index in [0.29, 0.717) is 25.9 Å². The molecule has 2 rings (SSSR count). The van der Waals surface area contributed by atoms with Crippen LogP contribution in [0.1, 0.15) is 19.8 Å². The van der Waals surface area contributed by atoms with Gasteiger partial charge in [0.15, 0.2) is 5.60 Å². The molecule has 1 N–H and O–H groups in total. The zero-order chi connectivity index (χ0) is 14.8. The third kappa shape index (κ3) is 2.69. The molecule has 0 bridgehead atoms. The van der Waals surface area contributed by atoms with Crippen molar-refractivity contribution in [1.82, 2.24) is 4.90 Å². The number of likely N-dealkylation sites (tertiary alicyclic amines) is 1. The molecule has 0 saturated carbocycles. The predicted octanol–water partition coefficient (Wildman–Crippen LogP) is 0.686. The van der Waals surface area contributed by atoms with Crippen LogP contribution < -0.4 is 0 Å². The topological polar surface area (TPSA) is 66.8 Å². The Balaban J connectivity index is 2.06. The van der Waals surface area contributed by atoms with Gasteiger partial charge in [0, 0.05) is 26.1 Å². The molecule has 1 aliphatic carbocycles. The molecular weight excluding hydrogens is 258 g/mol. The number of carbonyl (C=O) groups excluding carboxylic acids is 2. The van der Waals surface area contributed by atoms with E-state index in [0.717, 1.165) is 0 Å². The number of hydrogen-bond donors (Lipinski definition) is 1. The highest BCUT2D eigenvalue weighted by molar-refractivity contribution is 5.89. The second-order valence-corrected chi connectivity index (χ2v) is 5.40. The van der Waals surface area contributed by atoms with Gasteiger partial charge in [-0.3, -0.25) is 9.59 Å². The van der Waals surface area contributed by atoms with Crippen LogP contribution in [0.2, 0.25) is 0 Å². The van der Waals surface area contributed by atoms with Gasteiger partial charge >= 0.3 is 0 Å². The molecule has 110 valence electrons. The first-order valence-electron chi connectivity index (χ1n) is 6.90. The minimum absolute atomic E-state index is 0.0358. The van der Waals surface area contributed by atoms with Crippen LogP contribution in [0.25, 0.3) is 0 Å². The Bertz CT molecular complexity index is 449. The molecule has 5 nitrogen and oxygen atoms in total. The molecule has 0 aromatic heterocycles. The normalized spacial score (nSPS) is 30.6. The van der Waals surface area contributed by atoms with E-state index in [1.807, 2.05) is 0 Å². The van der Waals surface area contributed by atoms with Crippen LogP contribution in [-0.4, -0.2) is 53.6 Å². The van der Waals surface area contributed by atoms with E-state index < -0.39 is 11.7 Å². The summed E-state index contributed by atoms with van der Waals surface area (Å²) in [7, 11) is 1.47. The maximum atomic E-state index is 12.5. The second kappa shape index (κ2) is 5.89. The number of ketones is 1. The Labute approximate surface area is 118 Å². The van der Waals surface area contributed by atoms with Gasteiger partial charge in [-0.1, -0.05) is 18.2 Å². The van der Waals surface area contributed by atoms with Crippen molar-refractivity contribution in [3.8, 4) is 0 Å². The number of rotatable bonds is 3. The first-order chi connectivity index (χ1) is 9.49. The van der Waals surface area contributed by atoms with E-state index in [-0.39, 0.29) is 17.6 Å².